The van der Waals surface area contributed by atoms with Gasteiger partial charge in [0.1, 0.15) is 5.82 Å². The van der Waals surface area contributed by atoms with Crippen molar-refractivity contribution < 1.29 is 0 Å². The lowest BCUT2D eigenvalue weighted by Gasteiger charge is -2.09. The summed E-state index contributed by atoms with van der Waals surface area (Å²) in [7, 11) is 0. The van der Waals surface area contributed by atoms with Gasteiger partial charge in [-0.3, -0.25) is 4.57 Å². The van der Waals surface area contributed by atoms with Crippen molar-refractivity contribution in [1.29, 1.82) is 0 Å². The van der Waals surface area contributed by atoms with Gasteiger partial charge in [-0.25, -0.2) is 4.98 Å². The number of rotatable bonds is 3. The largest absolute Gasteiger partial charge is 0.296 e. The lowest BCUT2D eigenvalue weighted by Crippen LogP contribution is -2.02. The molecule has 0 saturated heterocycles. The topological polar surface area (TPSA) is 17.8 Å². The van der Waals surface area contributed by atoms with E-state index < -0.39 is 0 Å². The molecule has 0 saturated carbocycles. The average molecular weight is 417 g/mol. The highest BCUT2D eigenvalue weighted by Crippen LogP contribution is 2.25. The van der Waals surface area contributed by atoms with E-state index in [1.165, 1.54) is 3.57 Å². The van der Waals surface area contributed by atoms with Crippen LogP contribution in [0.2, 0.25) is 5.02 Å². The SMILES string of the molecule is ClCCc1nc2cc(Cl)ccc2n1-c1cccc(I)c1. The van der Waals surface area contributed by atoms with Gasteiger partial charge in [0.05, 0.1) is 11.0 Å². The molecule has 5 heteroatoms. The lowest BCUT2D eigenvalue weighted by molar-refractivity contribution is 0.912. The number of aryl methyl sites for hydroxylation is 1. The average Bonchev–Trinajstić information content (AvgIpc) is 2.76. The van der Waals surface area contributed by atoms with Crippen molar-refractivity contribution in [3.05, 3.63) is 56.9 Å². The summed E-state index contributed by atoms with van der Waals surface area (Å²) < 4.78 is 3.34. The van der Waals surface area contributed by atoms with Crippen LogP contribution in [0.1, 0.15) is 5.82 Å². The third-order valence-electron chi connectivity index (χ3n) is 3.07. The predicted molar refractivity (Wildman–Crippen MR) is 93.2 cm³/mol. The third-order valence-corrected chi connectivity index (χ3v) is 4.17. The molecule has 0 amide bonds. The van der Waals surface area contributed by atoms with E-state index in [9.17, 15) is 0 Å². The van der Waals surface area contributed by atoms with Crippen LogP contribution in [0.5, 0.6) is 0 Å². The number of aromatic nitrogens is 2. The summed E-state index contributed by atoms with van der Waals surface area (Å²) in [6, 6.07) is 14.1. The molecule has 3 rings (SSSR count). The Bertz CT molecular complexity index is 768. The van der Waals surface area contributed by atoms with Crippen molar-refractivity contribution >= 4 is 56.8 Å². The van der Waals surface area contributed by atoms with Gasteiger partial charge in [0.2, 0.25) is 0 Å². The van der Waals surface area contributed by atoms with Gasteiger partial charge >= 0.3 is 0 Å². The molecule has 0 N–H and O–H groups in total. The van der Waals surface area contributed by atoms with Crippen molar-refractivity contribution in [3.63, 3.8) is 0 Å². The number of hydrogen-bond donors (Lipinski definition) is 0. The van der Waals surface area contributed by atoms with Crippen molar-refractivity contribution in [2.75, 3.05) is 5.88 Å². The van der Waals surface area contributed by atoms with Gasteiger partial charge in [-0.1, -0.05) is 17.7 Å². The van der Waals surface area contributed by atoms with Crippen LogP contribution in [0, 0.1) is 3.57 Å². The molecule has 0 atom stereocenters. The molecule has 0 aliphatic rings. The summed E-state index contributed by atoms with van der Waals surface area (Å²) in [5.41, 5.74) is 3.05. The highest BCUT2D eigenvalue weighted by atomic mass is 127. The van der Waals surface area contributed by atoms with Crippen LogP contribution in [-0.4, -0.2) is 15.4 Å². The minimum absolute atomic E-state index is 0.543. The van der Waals surface area contributed by atoms with Crippen LogP contribution < -0.4 is 0 Å². The van der Waals surface area contributed by atoms with Crippen molar-refractivity contribution in [2.45, 2.75) is 6.42 Å². The normalized spacial score (nSPS) is 11.2. The fraction of sp³-hybridized carbons (Fsp3) is 0.133. The number of imidazole rings is 1. The molecule has 2 aromatic carbocycles. The summed E-state index contributed by atoms with van der Waals surface area (Å²) >= 11 is 14.3. The first-order chi connectivity index (χ1) is 9.69. The van der Waals surface area contributed by atoms with Crippen molar-refractivity contribution in [3.8, 4) is 5.69 Å². The molecule has 0 aliphatic carbocycles. The van der Waals surface area contributed by atoms with Crippen LogP contribution in [0.15, 0.2) is 42.5 Å². The van der Waals surface area contributed by atoms with Crippen LogP contribution in [-0.2, 0) is 6.42 Å². The van der Waals surface area contributed by atoms with Crippen LogP contribution in [0.4, 0.5) is 0 Å². The molecular weight excluding hydrogens is 406 g/mol. The molecule has 2 nitrogen and oxygen atoms in total. The highest BCUT2D eigenvalue weighted by molar-refractivity contribution is 14.1. The molecule has 0 bridgehead atoms. The van der Waals surface area contributed by atoms with Crippen LogP contribution in [0.25, 0.3) is 16.7 Å². The first kappa shape index (κ1) is 14.2. The maximum Gasteiger partial charge on any atom is 0.115 e. The maximum absolute atomic E-state index is 6.05. The van der Waals surface area contributed by atoms with E-state index in [-0.39, 0.29) is 0 Å². The first-order valence-corrected chi connectivity index (χ1v) is 8.17. The Hall–Kier alpha value is -0.780. The molecule has 102 valence electrons. The van der Waals surface area contributed by atoms with Gasteiger partial charge in [0.15, 0.2) is 0 Å². The fourth-order valence-corrected chi connectivity index (χ4v) is 3.12. The van der Waals surface area contributed by atoms with Gasteiger partial charge in [-0.05, 0) is 59.0 Å². The van der Waals surface area contributed by atoms with Gasteiger partial charge in [-0.2, -0.15) is 0 Å². The number of nitrogens with zero attached hydrogens (tertiary/aromatic N) is 2. The monoisotopic (exact) mass is 416 g/mol. The minimum Gasteiger partial charge on any atom is -0.296 e. The molecule has 20 heavy (non-hydrogen) atoms. The third kappa shape index (κ3) is 2.67. The van der Waals surface area contributed by atoms with E-state index in [4.69, 9.17) is 23.2 Å². The van der Waals surface area contributed by atoms with Crippen molar-refractivity contribution in [2.24, 2.45) is 0 Å². The van der Waals surface area contributed by atoms with Gasteiger partial charge in [0.25, 0.3) is 0 Å². The minimum atomic E-state index is 0.543. The van der Waals surface area contributed by atoms with Gasteiger partial charge in [-0.15, -0.1) is 11.6 Å². The second-order valence-electron chi connectivity index (χ2n) is 4.42. The second kappa shape index (κ2) is 5.92. The van der Waals surface area contributed by atoms with Gasteiger partial charge < -0.3 is 0 Å². The van der Waals surface area contributed by atoms with Gasteiger partial charge in [0, 0.05) is 26.6 Å². The molecule has 1 aromatic heterocycles. The molecule has 0 aliphatic heterocycles. The number of benzene rings is 2. The second-order valence-corrected chi connectivity index (χ2v) is 6.48. The Morgan fingerprint density at radius 3 is 2.75 bits per heavy atom. The molecular formula is C15H11Cl2IN2. The Morgan fingerprint density at radius 1 is 1.15 bits per heavy atom. The summed E-state index contributed by atoms with van der Waals surface area (Å²) in [4.78, 5) is 4.66. The number of halogens is 3. The number of alkyl halides is 1. The smallest absolute Gasteiger partial charge is 0.115 e. The molecule has 0 unspecified atom stereocenters. The van der Waals surface area contributed by atoms with E-state index in [1.807, 2.05) is 24.3 Å². The highest BCUT2D eigenvalue weighted by Gasteiger charge is 2.12. The first-order valence-electron chi connectivity index (χ1n) is 6.18. The predicted octanol–water partition coefficient (Wildman–Crippen LogP) is 5.06. The van der Waals surface area contributed by atoms with E-state index in [0.717, 1.165) is 29.0 Å². The molecule has 1 heterocycles. The van der Waals surface area contributed by atoms with Crippen LogP contribution in [0.3, 0.4) is 0 Å². The standard InChI is InChI=1S/C15H11Cl2IN2/c16-7-6-15-19-13-8-10(17)4-5-14(13)20(15)12-3-1-2-11(18)9-12/h1-5,8-9H,6-7H2. The zero-order valence-corrected chi connectivity index (χ0v) is 14.2. The van der Waals surface area contributed by atoms with Crippen molar-refractivity contribution in [1.82, 2.24) is 9.55 Å². The molecule has 0 fully saturated rings. The number of hydrogen-bond acceptors (Lipinski definition) is 1. The molecule has 0 radical (unpaired) electrons. The Labute approximate surface area is 140 Å². The van der Waals surface area contributed by atoms with E-state index in [0.29, 0.717) is 10.9 Å². The fourth-order valence-electron chi connectivity index (χ4n) is 2.26. The summed E-state index contributed by atoms with van der Waals surface area (Å²) in [5, 5.41) is 0.696. The Balaban J connectivity index is 2.28. The number of fused-ring (bicyclic) bond motifs is 1. The van der Waals surface area contributed by atoms with Crippen LogP contribution >= 0.6 is 45.8 Å². The summed E-state index contributed by atoms with van der Waals surface area (Å²) in [6.07, 6.45) is 0.722. The van der Waals surface area contributed by atoms with E-state index in [2.05, 4.69) is 50.3 Å². The summed E-state index contributed by atoms with van der Waals surface area (Å²) in [6.45, 7) is 0. The zero-order chi connectivity index (χ0) is 14.1. The van der Waals surface area contributed by atoms with E-state index in [1.54, 1.807) is 0 Å². The molecule has 3 aromatic rings. The zero-order valence-electron chi connectivity index (χ0n) is 10.5. The Kier molecular flexibility index (Phi) is 4.19. The summed E-state index contributed by atoms with van der Waals surface area (Å²) in [5.74, 6) is 1.50. The maximum atomic E-state index is 6.05. The van der Waals surface area contributed by atoms with E-state index >= 15 is 0 Å². The molecule has 0 spiro atoms. The quantitative estimate of drug-likeness (QED) is 0.430. The Morgan fingerprint density at radius 2 is 2.00 bits per heavy atom. The lowest BCUT2D eigenvalue weighted by atomic mass is 10.2.